The van der Waals surface area contributed by atoms with Crippen molar-refractivity contribution in [2.75, 3.05) is 13.2 Å². The summed E-state index contributed by atoms with van der Waals surface area (Å²) in [6, 6.07) is 9.35. The molecule has 0 saturated heterocycles. The van der Waals surface area contributed by atoms with Gasteiger partial charge in [0.2, 0.25) is 0 Å². The number of ether oxygens (including phenoxy) is 1. The molecule has 6 heteroatoms. The summed E-state index contributed by atoms with van der Waals surface area (Å²) in [4.78, 5) is 11.6. The van der Waals surface area contributed by atoms with Gasteiger partial charge in [-0.05, 0) is 36.4 Å². The number of hydrogen-bond donors (Lipinski definition) is 2. The summed E-state index contributed by atoms with van der Waals surface area (Å²) in [5, 5.41) is 11.1. The maximum Gasteiger partial charge on any atom is 0.251 e. The molecular formula is C15H13F2NO3. The van der Waals surface area contributed by atoms with Crippen LogP contribution in [0.5, 0.6) is 11.5 Å². The Labute approximate surface area is 120 Å². The topological polar surface area (TPSA) is 58.6 Å². The van der Waals surface area contributed by atoms with Crippen molar-refractivity contribution in [3.63, 3.8) is 0 Å². The van der Waals surface area contributed by atoms with Gasteiger partial charge in [-0.1, -0.05) is 0 Å². The summed E-state index contributed by atoms with van der Waals surface area (Å²) in [6.45, 7) is 0.0367. The monoisotopic (exact) mass is 293 g/mol. The number of amides is 1. The zero-order valence-corrected chi connectivity index (χ0v) is 11.0. The number of carbonyl (C=O) groups excluding carboxylic acids is 1. The second-order valence-electron chi connectivity index (χ2n) is 4.18. The van der Waals surface area contributed by atoms with Crippen LogP contribution in [0.3, 0.4) is 0 Å². The van der Waals surface area contributed by atoms with Gasteiger partial charge in [-0.25, -0.2) is 8.78 Å². The SMILES string of the molecule is O=C(NCCO)c1ccc(Oc2ccc(F)c(F)c2)cc1. The minimum Gasteiger partial charge on any atom is -0.457 e. The third kappa shape index (κ3) is 4.00. The highest BCUT2D eigenvalue weighted by atomic mass is 19.2. The summed E-state index contributed by atoms with van der Waals surface area (Å²) in [5.74, 6) is -1.71. The van der Waals surface area contributed by atoms with E-state index in [1.54, 1.807) is 0 Å². The molecule has 2 rings (SSSR count). The minimum atomic E-state index is -0.993. The fraction of sp³-hybridized carbons (Fsp3) is 0.133. The van der Waals surface area contributed by atoms with Gasteiger partial charge in [0.25, 0.3) is 5.91 Å². The van der Waals surface area contributed by atoms with Crippen LogP contribution in [0.1, 0.15) is 10.4 Å². The second-order valence-corrected chi connectivity index (χ2v) is 4.18. The van der Waals surface area contributed by atoms with Crippen molar-refractivity contribution >= 4 is 5.91 Å². The first-order chi connectivity index (χ1) is 10.1. The van der Waals surface area contributed by atoms with Crippen LogP contribution in [0.2, 0.25) is 0 Å². The lowest BCUT2D eigenvalue weighted by Crippen LogP contribution is -2.26. The molecule has 0 aliphatic carbocycles. The number of carbonyl (C=O) groups is 1. The van der Waals surface area contributed by atoms with E-state index in [1.807, 2.05) is 0 Å². The van der Waals surface area contributed by atoms with Crippen LogP contribution >= 0.6 is 0 Å². The number of nitrogens with one attached hydrogen (secondary N) is 1. The summed E-state index contributed by atoms with van der Waals surface area (Å²) >= 11 is 0. The van der Waals surface area contributed by atoms with Crippen LogP contribution in [-0.4, -0.2) is 24.2 Å². The number of aliphatic hydroxyl groups excluding tert-OH is 1. The highest BCUT2D eigenvalue weighted by Crippen LogP contribution is 2.23. The van der Waals surface area contributed by atoms with Crippen molar-refractivity contribution in [1.29, 1.82) is 0 Å². The normalized spacial score (nSPS) is 10.2. The fourth-order valence-corrected chi connectivity index (χ4v) is 1.62. The molecule has 0 heterocycles. The van der Waals surface area contributed by atoms with Crippen LogP contribution in [0, 0.1) is 11.6 Å². The van der Waals surface area contributed by atoms with Crippen LogP contribution < -0.4 is 10.1 Å². The number of aliphatic hydroxyl groups is 1. The molecule has 21 heavy (non-hydrogen) atoms. The highest BCUT2D eigenvalue weighted by Gasteiger charge is 2.07. The van der Waals surface area contributed by atoms with Crippen molar-refractivity contribution in [2.24, 2.45) is 0 Å². The standard InChI is InChI=1S/C15H13F2NO3/c16-13-6-5-12(9-14(13)17)21-11-3-1-10(2-4-11)15(20)18-7-8-19/h1-6,9,19H,7-8H2,(H,18,20). The Morgan fingerprint density at radius 1 is 1.05 bits per heavy atom. The molecule has 0 radical (unpaired) electrons. The van der Waals surface area contributed by atoms with E-state index < -0.39 is 11.6 Å². The molecule has 0 spiro atoms. The summed E-state index contributed by atoms with van der Waals surface area (Å²) < 4.78 is 31.2. The van der Waals surface area contributed by atoms with Gasteiger partial charge in [-0.2, -0.15) is 0 Å². The molecule has 1 amide bonds. The summed E-state index contributed by atoms with van der Waals surface area (Å²) in [5.41, 5.74) is 0.404. The molecule has 0 aromatic heterocycles. The number of hydrogen-bond acceptors (Lipinski definition) is 3. The number of benzene rings is 2. The molecule has 0 aliphatic rings. The van der Waals surface area contributed by atoms with Crippen LogP contribution in [0.25, 0.3) is 0 Å². The average Bonchev–Trinajstić information content (AvgIpc) is 2.49. The number of halogens is 2. The van der Waals surface area contributed by atoms with Crippen molar-refractivity contribution in [3.05, 3.63) is 59.7 Å². The summed E-state index contributed by atoms with van der Waals surface area (Å²) in [6.07, 6.45) is 0. The number of rotatable bonds is 5. The molecular weight excluding hydrogens is 280 g/mol. The zero-order chi connectivity index (χ0) is 15.2. The van der Waals surface area contributed by atoms with E-state index in [2.05, 4.69) is 5.32 Å². The van der Waals surface area contributed by atoms with Crippen molar-refractivity contribution < 1.29 is 23.4 Å². The van der Waals surface area contributed by atoms with Gasteiger partial charge in [0.15, 0.2) is 11.6 Å². The third-order valence-electron chi connectivity index (χ3n) is 2.64. The third-order valence-corrected chi connectivity index (χ3v) is 2.64. The molecule has 4 nitrogen and oxygen atoms in total. The Hall–Kier alpha value is -2.47. The Morgan fingerprint density at radius 3 is 2.33 bits per heavy atom. The van der Waals surface area contributed by atoms with E-state index in [0.29, 0.717) is 11.3 Å². The first kappa shape index (κ1) is 14.9. The maximum atomic E-state index is 13.0. The molecule has 0 saturated carbocycles. The lowest BCUT2D eigenvalue weighted by molar-refractivity contribution is 0.0945. The Kier molecular flexibility index (Phi) is 4.84. The zero-order valence-electron chi connectivity index (χ0n) is 11.0. The quantitative estimate of drug-likeness (QED) is 0.890. The molecule has 110 valence electrons. The van der Waals surface area contributed by atoms with Crippen LogP contribution in [0.4, 0.5) is 8.78 Å². The predicted molar refractivity (Wildman–Crippen MR) is 72.3 cm³/mol. The van der Waals surface area contributed by atoms with Gasteiger partial charge >= 0.3 is 0 Å². The first-order valence-electron chi connectivity index (χ1n) is 6.22. The van der Waals surface area contributed by atoms with Gasteiger partial charge < -0.3 is 15.2 Å². The van der Waals surface area contributed by atoms with E-state index in [0.717, 1.165) is 12.1 Å². The summed E-state index contributed by atoms with van der Waals surface area (Å²) in [7, 11) is 0. The van der Waals surface area contributed by atoms with Crippen LogP contribution in [-0.2, 0) is 0 Å². The molecule has 2 aromatic carbocycles. The molecule has 0 fully saturated rings. The molecule has 2 N–H and O–H groups in total. The van der Waals surface area contributed by atoms with E-state index >= 15 is 0 Å². The van der Waals surface area contributed by atoms with E-state index in [9.17, 15) is 13.6 Å². The molecule has 0 unspecified atom stereocenters. The maximum absolute atomic E-state index is 13.0. The fourth-order valence-electron chi connectivity index (χ4n) is 1.62. The van der Waals surface area contributed by atoms with Crippen molar-refractivity contribution in [1.82, 2.24) is 5.32 Å². The molecule has 0 bridgehead atoms. The van der Waals surface area contributed by atoms with Gasteiger partial charge in [0.05, 0.1) is 6.61 Å². The Morgan fingerprint density at radius 2 is 1.71 bits per heavy atom. The van der Waals surface area contributed by atoms with Crippen LogP contribution in [0.15, 0.2) is 42.5 Å². The van der Waals surface area contributed by atoms with Gasteiger partial charge in [-0.15, -0.1) is 0 Å². The van der Waals surface area contributed by atoms with Gasteiger partial charge in [0, 0.05) is 18.2 Å². The lowest BCUT2D eigenvalue weighted by Gasteiger charge is -2.07. The Balaban J connectivity index is 2.05. The minimum absolute atomic E-state index is 0.136. The molecule has 0 aliphatic heterocycles. The highest BCUT2D eigenvalue weighted by molar-refractivity contribution is 5.94. The average molecular weight is 293 g/mol. The molecule has 0 atom stereocenters. The Bertz CT molecular complexity index is 629. The lowest BCUT2D eigenvalue weighted by atomic mass is 10.2. The van der Waals surface area contributed by atoms with E-state index in [1.165, 1.54) is 30.3 Å². The first-order valence-corrected chi connectivity index (χ1v) is 6.22. The van der Waals surface area contributed by atoms with Gasteiger partial charge in [0.1, 0.15) is 11.5 Å². The second kappa shape index (κ2) is 6.81. The van der Waals surface area contributed by atoms with Crippen molar-refractivity contribution in [2.45, 2.75) is 0 Å². The van der Waals surface area contributed by atoms with Crippen molar-refractivity contribution in [3.8, 4) is 11.5 Å². The van der Waals surface area contributed by atoms with Gasteiger partial charge in [-0.3, -0.25) is 4.79 Å². The van der Waals surface area contributed by atoms with E-state index in [4.69, 9.17) is 9.84 Å². The predicted octanol–water partition coefficient (Wildman–Crippen LogP) is 2.48. The smallest absolute Gasteiger partial charge is 0.251 e. The van der Waals surface area contributed by atoms with E-state index in [-0.39, 0.29) is 24.8 Å². The largest absolute Gasteiger partial charge is 0.457 e. The molecule has 2 aromatic rings.